The van der Waals surface area contributed by atoms with Crippen LogP contribution in [0.2, 0.25) is 0 Å². The van der Waals surface area contributed by atoms with Gasteiger partial charge < -0.3 is 4.57 Å². The van der Waals surface area contributed by atoms with Crippen molar-refractivity contribution in [1.82, 2.24) is 9.55 Å². The van der Waals surface area contributed by atoms with Gasteiger partial charge in [0.1, 0.15) is 0 Å². The van der Waals surface area contributed by atoms with Crippen molar-refractivity contribution < 1.29 is 4.79 Å². The number of aryl methyl sites for hydroxylation is 1. The van der Waals surface area contributed by atoms with E-state index in [1.807, 2.05) is 48.0 Å². The SMILES string of the molecule is Cn1cnc2c(C=O)cc(-c3ccccc3)cc21. The molecule has 88 valence electrons. The number of fused-ring (bicyclic) bond motifs is 1. The second kappa shape index (κ2) is 4.11. The average molecular weight is 236 g/mol. The van der Waals surface area contributed by atoms with Crippen LogP contribution in [0.3, 0.4) is 0 Å². The summed E-state index contributed by atoms with van der Waals surface area (Å²) >= 11 is 0. The number of benzene rings is 2. The molecule has 0 unspecified atom stereocenters. The van der Waals surface area contributed by atoms with Crippen molar-refractivity contribution in [3.8, 4) is 11.1 Å². The molecule has 0 atom stereocenters. The Morgan fingerprint density at radius 1 is 1.11 bits per heavy atom. The fourth-order valence-corrected chi connectivity index (χ4v) is 2.14. The minimum atomic E-state index is 0.631. The van der Waals surface area contributed by atoms with E-state index in [4.69, 9.17) is 0 Å². The summed E-state index contributed by atoms with van der Waals surface area (Å²) < 4.78 is 1.93. The molecule has 0 spiro atoms. The van der Waals surface area contributed by atoms with Crippen LogP contribution in [0.4, 0.5) is 0 Å². The Balaban J connectivity index is 2.31. The van der Waals surface area contributed by atoms with Gasteiger partial charge in [-0.05, 0) is 23.3 Å². The summed E-state index contributed by atoms with van der Waals surface area (Å²) in [7, 11) is 1.93. The van der Waals surface area contributed by atoms with E-state index in [-0.39, 0.29) is 0 Å². The first kappa shape index (κ1) is 10.7. The zero-order valence-corrected chi connectivity index (χ0v) is 10.00. The minimum absolute atomic E-state index is 0.631. The summed E-state index contributed by atoms with van der Waals surface area (Å²) in [5.74, 6) is 0. The highest BCUT2D eigenvalue weighted by Gasteiger charge is 2.08. The molecule has 0 aliphatic rings. The minimum Gasteiger partial charge on any atom is -0.334 e. The zero-order chi connectivity index (χ0) is 12.5. The molecule has 0 amide bonds. The first-order valence-electron chi connectivity index (χ1n) is 5.75. The van der Waals surface area contributed by atoms with Crippen LogP contribution in [-0.4, -0.2) is 15.8 Å². The van der Waals surface area contributed by atoms with Gasteiger partial charge in [0.2, 0.25) is 0 Å². The van der Waals surface area contributed by atoms with E-state index in [2.05, 4.69) is 11.1 Å². The highest BCUT2D eigenvalue weighted by Crippen LogP contribution is 2.26. The van der Waals surface area contributed by atoms with E-state index in [1.165, 1.54) is 0 Å². The maximum absolute atomic E-state index is 11.2. The largest absolute Gasteiger partial charge is 0.334 e. The van der Waals surface area contributed by atoms with E-state index in [1.54, 1.807) is 6.33 Å². The maximum atomic E-state index is 11.2. The van der Waals surface area contributed by atoms with Crippen LogP contribution in [0.15, 0.2) is 48.8 Å². The standard InChI is InChI=1S/C15H12N2O/c1-17-10-16-15-13(9-18)7-12(8-14(15)17)11-5-3-2-4-6-11/h2-10H,1H3. The normalized spacial score (nSPS) is 10.7. The van der Waals surface area contributed by atoms with Gasteiger partial charge >= 0.3 is 0 Å². The molecule has 0 radical (unpaired) electrons. The molecule has 3 rings (SSSR count). The predicted octanol–water partition coefficient (Wildman–Crippen LogP) is 3.05. The van der Waals surface area contributed by atoms with Crippen molar-refractivity contribution in [2.45, 2.75) is 0 Å². The van der Waals surface area contributed by atoms with Crippen LogP contribution in [0, 0.1) is 0 Å². The van der Waals surface area contributed by atoms with Crippen molar-refractivity contribution in [2.75, 3.05) is 0 Å². The molecule has 0 saturated heterocycles. The molecule has 0 saturated carbocycles. The fraction of sp³-hybridized carbons (Fsp3) is 0.0667. The molecule has 0 aliphatic carbocycles. The molecular weight excluding hydrogens is 224 g/mol. The molecule has 0 N–H and O–H groups in total. The van der Waals surface area contributed by atoms with E-state index in [9.17, 15) is 4.79 Å². The van der Waals surface area contributed by atoms with Crippen molar-refractivity contribution >= 4 is 17.3 Å². The third kappa shape index (κ3) is 1.61. The number of nitrogens with zero attached hydrogens (tertiary/aromatic N) is 2. The Morgan fingerprint density at radius 2 is 1.89 bits per heavy atom. The fourth-order valence-electron chi connectivity index (χ4n) is 2.14. The summed E-state index contributed by atoms with van der Waals surface area (Å²) in [5.41, 5.74) is 4.50. The summed E-state index contributed by atoms with van der Waals surface area (Å²) in [6.07, 6.45) is 2.59. The molecule has 1 heterocycles. The molecule has 18 heavy (non-hydrogen) atoms. The first-order valence-corrected chi connectivity index (χ1v) is 5.75. The Kier molecular flexibility index (Phi) is 2.45. The number of hydrogen-bond donors (Lipinski definition) is 0. The van der Waals surface area contributed by atoms with Crippen molar-refractivity contribution in [3.05, 3.63) is 54.4 Å². The van der Waals surface area contributed by atoms with Gasteiger partial charge in [0, 0.05) is 12.6 Å². The lowest BCUT2D eigenvalue weighted by Gasteiger charge is -2.04. The highest BCUT2D eigenvalue weighted by molar-refractivity contribution is 5.97. The van der Waals surface area contributed by atoms with Gasteiger partial charge in [0.15, 0.2) is 6.29 Å². The molecule has 0 fully saturated rings. The second-order valence-electron chi connectivity index (χ2n) is 4.27. The van der Waals surface area contributed by atoms with Crippen LogP contribution in [0.1, 0.15) is 10.4 Å². The molecule has 1 aromatic heterocycles. The smallest absolute Gasteiger partial charge is 0.152 e. The monoisotopic (exact) mass is 236 g/mol. The van der Waals surface area contributed by atoms with E-state index in [0.717, 1.165) is 28.4 Å². The van der Waals surface area contributed by atoms with Gasteiger partial charge in [-0.2, -0.15) is 0 Å². The van der Waals surface area contributed by atoms with Crippen molar-refractivity contribution in [3.63, 3.8) is 0 Å². The number of rotatable bonds is 2. The number of imidazole rings is 1. The molecular formula is C15H12N2O. The lowest BCUT2D eigenvalue weighted by Crippen LogP contribution is -1.89. The van der Waals surface area contributed by atoms with Gasteiger partial charge in [-0.25, -0.2) is 4.98 Å². The lowest BCUT2D eigenvalue weighted by molar-refractivity contribution is 0.112. The van der Waals surface area contributed by atoms with E-state index < -0.39 is 0 Å². The van der Waals surface area contributed by atoms with Gasteiger partial charge in [-0.1, -0.05) is 30.3 Å². The average Bonchev–Trinajstić information content (AvgIpc) is 2.81. The van der Waals surface area contributed by atoms with Crippen LogP contribution in [0.5, 0.6) is 0 Å². The number of hydrogen-bond acceptors (Lipinski definition) is 2. The summed E-state index contributed by atoms with van der Waals surface area (Å²) in [6.45, 7) is 0. The Bertz CT molecular complexity index is 714. The Morgan fingerprint density at radius 3 is 2.61 bits per heavy atom. The summed E-state index contributed by atoms with van der Waals surface area (Å²) in [4.78, 5) is 15.4. The molecule has 3 aromatic rings. The number of carbonyl (C=O) groups excluding carboxylic acids is 1. The van der Waals surface area contributed by atoms with Gasteiger partial charge in [0.25, 0.3) is 0 Å². The van der Waals surface area contributed by atoms with Gasteiger partial charge in [-0.15, -0.1) is 0 Å². The topological polar surface area (TPSA) is 34.9 Å². The lowest BCUT2D eigenvalue weighted by atomic mass is 10.0. The number of aldehydes is 1. The summed E-state index contributed by atoms with van der Waals surface area (Å²) in [5, 5.41) is 0. The quantitative estimate of drug-likeness (QED) is 0.641. The summed E-state index contributed by atoms with van der Waals surface area (Å²) in [6, 6.07) is 14.0. The highest BCUT2D eigenvalue weighted by atomic mass is 16.1. The van der Waals surface area contributed by atoms with Gasteiger partial charge in [-0.3, -0.25) is 4.79 Å². The number of aromatic nitrogens is 2. The maximum Gasteiger partial charge on any atom is 0.152 e. The Hall–Kier alpha value is -2.42. The third-order valence-corrected chi connectivity index (χ3v) is 3.09. The second-order valence-corrected chi connectivity index (χ2v) is 4.27. The van der Waals surface area contributed by atoms with Crippen LogP contribution in [-0.2, 0) is 7.05 Å². The van der Waals surface area contributed by atoms with Crippen molar-refractivity contribution in [2.24, 2.45) is 7.05 Å². The molecule has 0 aliphatic heterocycles. The zero-order valence-electron chi connectivity index (χ0n) is 10.00. The van der Waals surface area contributed by atoms with Crippen LogP contribution < -0.4 is 0 Å². The Labute approximate surface area is 105 Å². The molecule has 0 bridgehead atoms. The third-order valence-electron chi connectivity index (χ3n) is 3.09. The van der Waals surface area contributed by atoms with Crippen molar-refractivity contribution in [1.29, 1.82) is 0 Å². The van der Waals surface area contributed by atoms with Crippen LogP contribution in [0.25, 0.3) is 22.2 Å². The molecule has 3 heteroatoms. The van der Waals surface area contributed by atoms with Gasteiger partial charge in [0.05, 0.1) is 17.4 Å². The first-order chi connectivity index (χ1) is 8.79. The molecule has 2 aromatic carbocycles. The van der Waals surface area contributed by atoms with E-state index in [0.29, 0.717) is 5.56 Å². The van der Waals surface area contributed by atoms with E-state index >= 15 is 0 Å². The van der Waals surface area contributed by atoms with Crippen LogP contribution >= 0.6 is 0 Å². The predicted molar refractivity (Wildman–Crippen MR) is 71.5 cm³/mol. The number of carbonyl (C=O) groups is 1. The molecule has 3 nitrogen and oxygen atoms in total.